The molecule has 2 aromatic carbocycles. The fourth-order valence-corrected chi connectivity index (χ4v) is 5.19. The molecule has 0 N–H and O–H groups in total. The van der Waals surface area contributed by atoms with Gasteiger partial charge in [0.25, 0.3) is 0 Å². The molecule has 0 radical (unpaired) electrons. The fraction of sp³-hybridized carbons (Fsp3) is 0.429. The molecule has 0 aromatic heterocycles. The van der Waals surface area contributed by atoms with E-state index < -0.39 is 10.0 Å². The van der Waals surface area contributed by atoms with Gasteiger partial charge in [-0.15, -0.1) is 0 Å². The summed E-state index contributed by atoms with van der Waals surface area (Å²) in [5.74, 6) is 0. The van der Waals surface area contributed by atoms with Crippen LogP contribution in [0.1, 0.15) is 33.3 Å². The molecule has 4 nitrogen and oxygen atoms in total. The van der Waals surface area contributed by atoms with Crippen LogP contribution in [0.15, 0.2) is 53.4 Å². The summed E-state index contributed by atoms with van der Waals surface area (Å²) in [5, 5.41) is 0.701. The van der Waals surface area contributed by atoms with Crippen LogP contribution in [0.4, 0.5) is 5.69 Å². The quantitative estimate of drug-likeness (QED) is 0.751. The van der Waals surface area contributed by atoms with Gasteiger partial charge in [0, 0.05) is 36.4 Å². The molecule has 0 spiro atoms. The second-order valence-electron chi connectivity index (χ2n) is 8.16. The van der Waals surface area contributed by atoms with Crippen LogP contribution in [0.25, 0.3) is 0 Å². The van der Waals surface area contributed by atoms with Crippen molar-refractivity contribution in [3.8, 4) is 0 Å². The van der Waals surface area contributed by atoms with Gasteiger partial charge in [0.05, 0.1) is 4.90 Å². The summed E-state index contributed by atoms with van der Waals surface area (Å²) < 4.78 is 27.9. The van der Waals surface area contributed by atoms with Crippen LogP contribution >= 0.6 is 11.6 Å². The average molecular weight is 407 g/mol. The molecular formula is C21H27ClN2O2S. The molecule has 2 aromatic rings. The van der Waals surface area contributed by atoms with E-state index in [4.69, 9.17) is 11.6 Å². The minimum absolute atomic E-state index is 0.000209. The van der Waals surface area contributed by atoms with Crippen LogP contribution in [-0.4, -0.2) is 38.4 Å². The molecule has 146 valence electrons. The zero-order valence-corrected chi connectivity index (χ0v) is 17.9. The number of anilines is 1. The molecule has 1 heterocycles. The molecule has 6 heteroatoms. The molecule has 1 atom stereocenters. The van der Waals surface area contributed by atoms with E-state index in [-0.39, 0.29) is 11.5 Å². The predicted molar refractivity (Wildman–Crippen MR) is 112 cm³/mol. The van der Waals surface area contributed by atoms with Crippen molar-refractivity contribution in [3.05, 3.63) is 59.1 Å². The number of rotatable bonds is 3. The average Bonchev–Trinajstić information content (AvgIpc) is 2.61. The van der Waals surface area contributed by atoms with E-state index in [0.29, 0.717) is 29.6 Å². The van der Waals surface area contributed by atoms with Crippen molar-refractivity contribution in [1.29, 1.82) is 0 Å². The van der Waals surface area contributed by atoms with Gasteiger partial charge in [-0.25, -0.2) is 8.42 Å². The van der Waals surface area contributed by atoms with Crippen LogP contribution in [0, 0.1) is 0 Å². The van der Waals surface area contributed by atoms with Crippen LogP contribution in [-0.2, 0) is 15.4 Å². The highest BCUT2D eigenvalue weighted by molar-refractivity contribution is 7.89. The third-order valence-electron chi connectivity index (χ3n) is 5.09. The Kier molecular flexibility index (Phi) is 5.57. The first-order chi connectivity index (χ1) is 12.6. The van der Waals surface area contributed by atoms with Gasteiger partial charge in [0.1, 0.15) is 0 Å². The van der Waals surface area contributed by atoms with Gasteiger partial charge in [-0.2, -0.15) is 4.31 Å². The van der Waals surface area contributed by atoms with Crippen molar-refractivity contribution in [3.63, 3.8) is 0 Å². The molecule has 1 aliphatic heterocycles. The van der Waals surface area contributed by atoms with E-state index in [1.165, 1.54) is 0 Å². The number of sulfonamides is 1. The summed E-state index contributed by atoms with van der Waals surface area (Å²) in [6.45, 7) is 10.1. The second kappa shape index (κ2) is 7.46. The number of piperazine rings is 1. The Balaban J connectivity index is 1.77. The summed E-state index contributed by atoms with van der Waals surface area (Å²) in [7, 11) is -3.50. The zero-order chi connectivity index (χ0) is 19.8. The maximum Gasteiger partial charge on any atom is 0.243 e. The molecule has 27 heavy (non-hydrogen) atoms. The Morgan fingerprint density at radius 3 is 2.07 bits per heavy atom. The summed E-state index contributed by atoms with van der Waals surface area (Å²) in [6, 6.07) is 14.9. The van der Waals surface area contributed by atoms with Gasteiger partial charge in [-0.1, -0.05) is 44.5 Å². The topological polar surface area (TPSA) is 40.6 Å². The Morgan fingerprint density at radius 2 is 1.56 bits per heavy atom. The highest BCUT2D eigenvalue weighted by Gasteiger charge is 2.34. The van der Waals surface area contributed by atoms with Crippen LogP contribution < -0.4 is 4.90 Å². The van der Waals surface area contributed by atoms with E-state index in [9.17, 15) is 8.42 Å². The molecule has 1 unspecified atom stereocenters. The van der Waals surface area contributed by atoms with Crippen molar-refractivity contribution >= 4 is 27.3 Å². The SMILES string of the molecule is CC1CN(c2ccc(Cl)cc2)CCN1S(=O)(=O)c1ccc(C(C)(C)C)cc1. The largest absolute Gasteiger partial charge is 0.369 e. The van der Waals surface area contributed by atoms with Crippen LogP contribution in [0.3, 0.4) is 0 Å². The maximum absolute atomic E-state index is 13.1. The number of halogens is 1. The Labute approximate surface area is 167 Å². The molecular weight excluding hydrogens is 380 g/mol. The lowest BCUT2D eigenvalue weighted by Crippen LogP contribution is -2.54. The van der Waals surface area contributed by atoms with Crippen molar-refractivity contribution in [2.45, 2.75) is 44.0 Å². The second-order valence-corrected chi connectivity index (χ2v) is 10.5. The molecule has 0 saturated carbocycles. The molecule has 1 fully saturated rings. The van der Waals surface area contributed by atoms with E-state index in [2.05, 4.69) is 25.7 Å². The highest BCUT2D eigenvalue weighted by atomic mass is 35.5. The van der Waals surface area contributed by atoms with Crippen molar-refractivity contribution in [2.24, 2.45) is 0 Å². The maximum atomic E-state index is 13.1. The highest BCUT2D eigenvalue weighted by Crippen LogP contribution is 2.28. The zero-order valence-electron chi connectivity index (χ0n) is 16.3. The minimum atomic E-state index is -3.50. The summed E-state index contributed by atoms with van der Waals surface area (Å²) in [4.78, 5) is 2.57. The molecule has 1 saturated heterocycles. The van der Waals surface area contributed by atoms with Crippen LogP contribution in [0.5, 0.6) is 0 Å². The summed E-state index contributed by atoms with van der Waals surface area (Å²) >= 11 is 5.96. The smallest absolute Gasteiger partial charge is 0.243 e. The summed E-state index contributed by atoms with van der Waals surface area (Å²) in [6.07, 6.45) is 0. The molecule has 1 aliphatic rings. The van der Waals surface area contributed by atoms with Crippen molar-refractivity contribution < 1.29 is 8.42 Å². The van der Waals surface area contributed by atoms with Crippen LogP contribution in [0.2, 0.25) is 5.02 Å². The fourth-order valence-electron chi connectivity index (χ4n) is 3.45. The predicted octanol–water partition coefficient (Wildman–Crippen LogP) is 4.54. The third kappa shape index (κ3) is 4.31. The number of hydrogen-bond donors (Lipinski definition) is 0. The third-order valence-corrected chi connectivity index (χ3v) is 7.37. The van der Waals surface area contributed by atoms with E-state index in [0.717, 1.165) is 11.3 Å². The minimum Gasteiger partial charge on any atom is -0.369 e. The normalized spacial score (nSPS) is 19.3. The number of hydrogen-bond acceptors (Lipinski definition) is 3. The Bertz CT molecular complexity index is 887. The molecule has 3 rings (SSSR count). The van der Waals surface area contributed by atoms with Gasteiger partial charge in [-0.3, -0.25) is 0 Å². The standard InChI is InChI=1S/C21H27ClN2O2S/c1-16-15-23(19-9-7-18(22)8-10-19)13-14-24(16)27(25,26)20-11-5-17(6-12-20)21(2,3)4/h5-12,16H,13-15H2,1-4H3. The molecule has 0 bridgehead atoms. The van der Waals surface area contributed by atoms with E-state index in [1.807, 2.05) is 43.3 Å². The van der Waals surface area contributed by atoms with E-state index >= 15 is 0 Å². The van der Waals surface area contributed by atoms with E-state index in [1.54, 1.807) is 16.4 Å². The van der Waals surface area contributed by atoms with Gasteiger partial charge in [0.2, 0.25) is 10.0 Å². The Morgan fingerprint density at radius 1 is 0.963 bits per heavy atom. The monoisotopic (exact) mass is 406 g/mol. The molecule has 0 aliphatic carbocycles. The van der Waals surface area contributed by atoms with Gasteiger partial charge >= 0.3 is 0 Å². The lowest BCUT2D eigenvalue weighted by molar-refractivity contribution is 0.306. The summed E-state index contributed by atoms with van der Waals surface area (Å²) in [5.41, 5.74) is 2.19. The first-order valence-corrected chi connectivity index (χ1v) is 11.0. The lowest BCUT2D eigenvalue weighted by Gasteiger charge is -2.40. The number of nitrogens with zero attached hydrogens (tertiary/aromatic N) is 2. The first-order valence-electron chi connectivity index (χ1n) is 9.22. The first kappa shape index (κ1) is 20.2. The molecule has 0 amide bonds. The van der Waals surface area contributed by atoms with Gasteiger partial charge < -0.3 is 4.90 Å². The number of benzene rings is 2. The van der Waals surface area contributed by atoms with Gasteiger partial charge in [-0.05, 0) is 54.3 Å². The Hall–Kier alpha value is -1.56. The van der Waals surface area contributed by atoms with Crippen molar-refractivity contribution in [2.75, 3.05) is 24.5 Å². The lowest BCUT2D eigenvalue weighted by atomic mass is 9.87. The van der Waals surface area contributed by atoms with Gasteiger partial charge in [0.15, 0.2) is 0 Å². The van der Waals surface area contributed by atoms with Crippen molar-refractivity contribution in [1.82, 2.24) is 4.31 Å².